The van der Waals surface area contributed by atoms with Gasteiger partial charge in [0.1, 0.15) is 11.4 Å². The minimum atomic E-state index is -1.21. The van der Waals surface area contributed by atoms with Crippen LogP contribution in [0.3, 0.4) is 0 Å². The maximum Gasteiger partial charge on any atom is 0.251 e. The molecule has 0 spiro atoms. The Labute approximate surface area is 202 Å². The van der Waals surface area contributed by atoms with E-state index in [2.05, 4.69) is 26.3 Å². The monoisotopic (exact) mass is 481 g/mol. The molecule has 1 fully saturated rings. The van der Waals surface area contributed by atoms with Crippen LogP contribution in [-0.4, -0.2) is 56.8 Å². The Kier molecular flexibility index (Phi) is 5.56. The van der Waals surface area contributed by atoms with Gasteiger partial charge in [0.05, 0.1) is 41.1 Å². The van der Waals surface area contributed by atoms with E-state index < -0.39 is 5.60 Å². The Morgan fingerprint density at radius 2 is 2.09 bits per heavy atom. The molecule has 0 amide bonds. The van der Waals surface area contributed by atoms with E-state index in [1.165, 1.54) is 11.6 Å². The van der Waals surface area contributed by atoms with Gasteiger partial charge in [-0.15, -0.1) is 0 Å². The number of nitrogens with one attached hydrogen (secondary N) is 1. The Hall–Kier alpha value is -2.52. The molecule has 1 atom stereocenters. The molecule has 3 aromatic heterocycles. The van der Waals surface area contributed by atoms with Gasteiger partial charge < -0.3 is 19.7 Å². The van der Waals surface area contributed by atoms with Crippen molar-refractivity contribution in [1.29, 1.82) is 0 Å². The summed E-state index contributed by atoms with van der Waals surface area (Å²) in [5.74, 6) is 0.921. The number of likely N-dealkylation sites (tertiary alicyclic amines) is 1. The summed E-state index contributed by atoms with van der Waals surface area (Å²) in [5.41, 5.74) is 2.91. The van der Waals surface area contributed by atoms with E-state index >= 15 is 0 Å². The average molecular weight is 482 g/mol. The zero-order valence-corrected chi connectivity index (χ0v) is 19.7. The predicted molar refractivity (Wildman–Crippen MR) is 129 cm³/mol. The van der Waals surface area contributed by atoms with Crippen LogP contribution in [0.4, 0.5) is 0 Å². The Balaban J connectivity index is 1.09. The number of hydrogen-bond donors (Lipinski definition) is 2. The second-order valence-corrected chi connectivity index (χ2v) is 10.1. The van der Waals surface area contributed by atoms with E-state index in [0.29, 0.717) is 34.2 Å². The van der Waals surface area contributed by atoms with Crippen LogP contribution >= 0.6 is 11.6 Å². The van der Waals surface area contributed by atoms with Gasteiger partial charge >= 0.3 is 0 Å². The van der Waals surface area contributed by atoms with Crippen LogP contribution in [0.5, 0.6) is 5.75 Å². The molecule has 6 heterocycles. The molecule has 0 unspecified atom stereocenters. The van der Waals surface area contributed by atoms with Crippen LogP contribution in [0.25, 0.3) is 11.0 Å². The molecule has 3 aliphatic heterocycles. The molecule has 1 saturated heterocycles. The van der Waals surface area contributed by atoms with Crippen molar-refractivity contribution in [3.63, 3.8) is 0 Å². The second-order valence-electron chi connectivity index (χ2n) is 9.67. The van der Waals surface area contributed by atoms with Crippen LogP contribution in [-0.2, 0) is 25.1 Å². The molecular weight excluding hydrogens is 454 g/mol. The van der Waals surface area contributed by atoms with E-state index in [1.807, 2.05) is 6.20 Å². The Morgan fingerprint density at radius 1 is 1.24 bits per heavy atom. The number of β-amino-alcohol motifs (C(OH)–C–C–N with tert-alkyl or cyclic N) is 1. The highest BCUT2D eigenvalue weighted by Gasteiger charge is 2.42. The Morgan fingerprint density at radius 3 is 2.94 bits per heavy atom. The van der Waals surface area contributed by atoms with Gasteiger partial charge in [0, 0.05) is 37.0 Å². The van der Waals surface area contributed by atoms with Gasteiger partial charge in [0.25, 0.3) is 5.56 Å². The van der Waals surface area contributed by atoms with Gasteiger partial charge in [-0.05, 0) is 56.5 Å². The number of hydrogen-bond acceptors (Lipinski definition) is 7. The zero-order valence-electron chi connectivity index (χ0n) is 19.0. The molecule has 0 bridgehead atoms. The molecule has 0 radical (unpaired) electrons. The third kappa shape index (κ3) is 3.88. The molecule has 0 aromatic carbocycles. The molecule has 34 heavy (non-hydrogen) atoms. The van der Waals surface area contributed by atoms with Crippen molar-refractivity contribution < 1.29 is 9.84 Å². The highest BCUT2D eigenvalue weighted by Crippen LogP contribution is 2.40. The van der Waals surface area contributed by atoms with Crippen LogP contribution in [0.1, 0.15) is 36.1 Å². The molecule has 0 saturated carbocycles. The molecule has 8 nitrogen and oxygen atoms in total. The number of fused-ring (bicyclic) bond motifs is 1. The fraction of sp³-hybridized carbons (Fsp3) is 0.480. The molecule has 178 valence electrons. The molecule has 2 N–H and O–H groups in total. The number of pyridine rings is 3. The fourth-order valence-electron chi connectivity index (χ4n) is 5.62. The minimum absolute atomic E-state index is 0.140. The number of aliphatic hydroxyl groups is 1. The lowest BCUT2D eigenvalue weighted by Crippen LogP contribution is -2.48. The van der Waals surface area contributed by atoms with Gasteiger partial charge in [0.15, 0.2) is 0 Å². The van der Waals surface area contributed by atoms with Crippen molar-refractivity contribution in [3.05, 3.63) is 62.8 Å². The quantitative estimate of drug-likeness (QED) is 0.577. The first-order valence-corrected chi connectivity index (χ1v) is 12.4. The average Bonchev–Trinajstić information content (AvgIpc) is 3.17. The zero-order chi connectivity index (χ0) is 23.3. The maximum atomic E-state index is 12.4. The summed E-state index contributed by atoms with van der Waals surface area (Å²) in [5, 5.41) is 15.7. The van der Waals surface area contributed by atoms with E-state index in [0.717, 1.165) is 63.4 Å². The fourth-order valence-corrected chi connectivity index (χ4v) is 5.94. The number of halogens is 1. The first-order valence-electron chi connectivity index (χ1n) is 12.0. The van der Waals surface area contributed by atoms with Crippen molar-refractivity contribution >= 4 is 22.6 Å². The summed E-state index contributed by atoms with van der Waals surface area (Å²) in [4.78, 5) is 23.6. The van der Waals surface area contributed by atoms with E-state index in [9.17, 15) is 9.90 Å². The molecule has 0 aliphatic carbocycles. The lowest BCUT2D eigenvalue weighted by atomic mass is 9.94. The predicted octanol–water partition coefficient (Wildman–Crippen LogP) is 2.23. The SMILES string of the molecule is O=c1ccc2ncc(Cl)c3c2n1C[C@]3(O)CN1CCC(NCc2cc3c(cn2)OCCC3)CC1. The maximum absolute atomic E-state index is 12.4. The molecule has 6 rings (SSSR count). The first-order chi connectivity index (χ1) is 16.5. The second kappa shape index (κ2) is 8.61. The van der Waals surface area contributed by atoms with Gasteiger partial charge in [-0.1, -0.05) is 11.6 Å². The van der Waals surface area contributed by atoms with Crippen molar-refractivity contribution in [1.82, 2.24) is 24.8 Å². The lowest BCUT2D eigenvalue weighted by molar-refractivity contribution is -0.0135. The van der Waals surface area contributed by atoms with Crippen LogP contribution in [0.15, 0.2) is 35.4 Å². The lowest BCUT2D eigenvalue weighted by Gasteiger charge is -2.37. The van der Waals surface area contributed by atoms with E-state index in [1.54, 1.807) is 16.8 Å². The van der Waals surface area contributed by atoms with Gasteiger partial charge in [-0.25, -0.2) is 0 Å². The normalized spacial score (nSPS) is 22.6. The third-order valence-corrected chi connectivity index (χ3v) is 7.62. The van der Waals surface area contributed by atoms with Crippen LogP contribution in [0, 0.1) is 0 Å². The highest BCUT2D eigenvalue weighted by atomic mass is 35.5. The first kappa shape index (κ1) is 22.0. The molecule has 3 aliphatic rings. The smallest absolute Gasteiger partial charge is 0.251 e. The number of piperidine rings is 1. The van der Waals surface area contributed by atoms with E-state index in [4.69, 9.17) is 16.3 Å². The largest absolute Gasteiger partial charge is 0.492 e. The minimum Gasteiger partial charge on any atom is -0.492 e. The molecule has 3 aromatic rings. The molecular formula is C25H28ClN5O3. The third-order valence-electron chi connectivity index (χ3n) is 7.34. The number of rotatable bonds is 5. The Bertz CT molecular complexity index is 1300. The summed E-state index contributed by atoms with van der Waals surface area (Å²) in [6.45, 7) is 3.89. The number of aromatic nitrogens is 3. The standard InChI is InChI=1S/C25H28ClN5O3/c26-19-12-29-20-3-4-22(32)31-15-25(33,23(19)24(20)31)14-30-7-5-17(6-8-30)27-11-18-10-16-2-1-9-34-21(16)13-28-18/h3-4,10,12-13,17,27,33H,1-2,5-9,11,14-15H2/t25-/m1/s1. The summed E-state index contributed by atoms with van der Waals surface area (Å²) >= 11 is 6.48. The van der Waals surface area contributed by atoms with Crippen molar-refractivity contribution in [2.75, 3.05) is 26.2 Å². The number of aryl methyl sites for hydroxylation is 1. The summed E-state index contributed by atoms with van der Waals surface area (Å²) in [7, 11) is 0. The van der Waals surface area contributed by atoms with Crippen molar-refractivity contribution in [2.45, 2.75) is 50.4 Å². The molecule has 9 heteroatoms. The van der Waals surface area contributed by atoms with E-state index in [-0.39, 0.29) is 12.1 Å². The number of ether oxygens (including phenoxy) is 1. The summed E-state index contributed by atoms with van der Waals surface area (Å²) in [6.07, 6.45) is 7.50. The van der Waals surface area contributed by atoms with Gasteiger partial charge in [-0.3, -0.25) is 19.7 Å². The highest BCUT2D eigenvalue weighted by molar-refractivity contribution is 6.32. The topological polar surface area (TPSA) is 92.5 Å². The summed E-state index contributed by atoms with van der Waals surface area (Å²) < 4.78 is 7.27. The summed E-state index contributed by atoms with van der Waals surface area (Å²) in [6, 6.07) is 5.76. The van der Waals surface area contributed by atoms with Crippen molar-refractivity contribution in [3.8, 4) is 5.75 Å². The number of nitrogens with zero attached hydrogens (tertiary/aromatic N) is 4. The van der Waals surface area contributed by atoms with Crippen molar-refractivity contribution in [2.24, 2.45) is 0 Å². The van der Waals surface area contributed by atoms with Crippen LogP contribution < -0.4 is 15.6 Å². The van der Waals surface area contributed by atoms with Gasteiger partial charge in [0.2, 0.25) is 0 Å². The van der Waals surface area contributed by atoms with Gasteiger partial charge in [-0.2, -0.15) is 0 Å². The van der Waals surface area contributed by atoms with Crippen LogP contribution in [0.2, 0.25) is 5.02 Å².